The van der Waals surface area contributed by atoms with Crippen molar-refractivity contribution in [3.63, 3.8) is 0 Å². The van der Waals surface area contributed by atoms with Crippen LogP contribution in [0.15, 0.2) is 18.2 Å². The number of nitrogens with one attached hydrogen (secondary N) is 2. The molecule has 21 heavy (non-hydrogen) atoms. The van der Waals surface area contributed by atoms with Gasteiger partial charge in [-0.1, -0.05) is 11.6 Å². The average molecular weight is 327 g/mol. The maximum absolute atomic E-state index is 12.6. The van der Waals surface area contributed by atoms with E-state index in [0.717, 1.165) is 12.1 Å². The van der Waals surface area contributed by atoms with E-state index >= 15 is 0 Å². The highest BCUT2D eigenvalue weighted by atomic mass is 35.5. The molecule has 0 unspecified atom stereocenters. The van der Waals surface area contributed by atoms with E-state index < -0.39 is 28.9 Å². The summed E-state index contributed by atoms with van der Waals surface area (Å²) in [5, 5.41) is 13.4. The highest BCUT2D eigenvalue weighted by Gasteiger charge is 2.33. The molecular formula is C12H14ClF3N2O3. The molecule has 0 saturated heterocycles. The molecule has 1 atom stereocenters. The number of aliphatic hydroxyl groups excluding tert-OH is 1. The first-order chi connectivity index (χ1) is 9.74. The number of halogens is 4. The summed E-state index contributed by atoms with van der Waals surface area (Å²) >= 11 is 5.46. The van der Waals surface area contributed by atoms with Crippen molar-refractivity contribution in [1.82, 2.24) is 5.32 Å². The van der Waals surface area contributed by atoms with Crippen LogP contribution in [0.5, 0.6) is 0 Å². The van der Waals surface area contributed by atoms with Gasteiger partial charge in [0.05, 0.1) is 23.3 Å². The molecule has 0 bridgehead atoms. The summed E-state index contributed by atoms with van der Waals surface area (Å²) in [5.41, 5.74) is -1.10. The molecule has 1 rings (SSSR count). The molecule has 0 fully saturated rings. The molecule has 0 aliphatic rings. The van der Waals surface area contributed by atoms with E-state index in [-0.39, 0.29) is 18.8 Å². The molecule has 0 radical (unpaired) electrons. The van der Waals surface area contributed by atoms with Crippen molar-refractivity contribution in [1.29, 1.82) is 0 Å². The molecule has 3 N–H and O–H groups in total. The minimum absolute atomic E-state index is 0.0272. The van der Waals surface area contributed by atoms with E-state index in [2.05, 4.69) is 15.4 Å². The van der Waals surface area contributed by atoms with Crippen LogP contribution < -0.4 is 10.6 Å². The minimum Gasteiger partial charge on any atom is -0.389 e. The molecule has 0 saturated carbocycles. The van der Waals surface area contributed by atoms with Crippen LogP contribution in [0.3, 0.4) is 0 Å². The van der Waals surface area contributed by atoms with Gasteiger partial charge in [0.2, 0.25) is 0 Å². The summed E-state index contributed by atoms with van der Waals surface area (Å²) in [4.78, 5) is 11.5. The van der Waals surface area contributed by atoms with E-state index in [9.17, 15) is 23.1 Å². The zero-order chi connectivity index (χ0) is 16.0. The maximum Gasteiger partial charge on any atom is 0.417 e. The monoisotopic (exact) mass is 326 g/mol. The number of amides is 2. The molecule has 0 spiro atoms. The zero-order valence-electron chi connectivity index (χ0n) is 11.0. The van der Waals surface area contributed by atoms with Crippen LogP contribution in [0.25, 0.3) is 0 Å². The number of rotatable bonds is 5. The molecule has 0 aliphatic heterocycles. The van der Waals surface area contributed by atoms with Crippen molar-refractivity contribution < 1.29 is 27.8 Å². The summed E-state index contributed by atoms with van der Waals surface area (Å²) in [5.74, 6) is 0. The number of hydrogen-bond donors (Lipinski definition) is 3. The Morgan fingerprint density at radius 2 is 2.14 bits per heavy atom. The lowest BCUT2D eigenvalue weighted by atomic mass is 10.2. The Labute approximate surface area is 124 Å². The van der Waals surface area contributed by atoms with Crippen LogP contribution in [0.4, 0.5) is 23.7 Å². The van der Waals surface area contributed by atoms with Crippen LogP contribution in [0, 0.1) is 0 Å². The van der Waals surface area contributed by atoms with Crippen LogP contribution in [0.1, 0.15) is 5.56 Å². The predicted octanol–water partition coefficient (Wildman–Crippen LogP) is 2.49. The minimum atomic E-state index is -4.61. The zero-order valence-corrected chi connectivity index (χ0v) is 11.8. The second kappa shape index (κ2) is 7.48. The lowest BCUT2D eigenvalue weighted by Crippen LogP contribution is -2.37. The van der Waals surface area contributed by atoms with Gasteiger partial charge in [-0.3, -0.25) is 0 Å². The van der Waals surface area contributed by atoms with E-state index in [1.54, 1.807) is 0 Å². The molecular weight excluding hydrogens is 313 g/mol. The van der Waals surface area contributed by atoms with Crippen molar-refractivity contribution in [3.05, 3.63) is 28.8 Å². The Hall–Kier alpha value is -1.51. The first-order valence-electron chi connectivity index (χ1n) is 5.82. The molecule has 9 heteroatoms. The van der Waals surface area contributed by atoms with Gasteiger partial charge in [-0.15, -0.1) is 0 Å². The Bertz CT molecular complexity index is 497. The second-order valence-electron chi connectivity index (χ2n) is 4.14. The van der Waals surface area contributed by atoms with Gasteiger partial charge in [0, 0.05) is 19.3 Å². The molecule has 1 aromatic rings. The Morgan fingerprint density at radius 1 is 1.48 bits per heavy atom. The fraction of sp³-hybridized carbons (Fsp3) is 0.417. The number of hydrogen-bond acceptors (Lipinski definition) is 3. The number of ether oxygens (including phenoxy) is 1. The summed E-state index contributed by atoms with van der Waals surface area (Å²) in [7, 11) is 1.38. The first-order valence-corrected chi connectivity index (χ1v) is 6.20. The van der Waals surface area contributed by atoms with Gasteiger partial charge >= 0.3 is 12.2 Å². The Balaban J connectivity index is 2.65. The number of alkyl halides is 3. The fourth-order valence-electron chi connectivity index (χ4n) is 1.46. The van der Waals surface area contributed by atoms with Crippen LogP contribution >= 0.6 is 11.6 Å². The highest BCUT2D eigenvalue weighted by molar-refractivity contribution is 6.31. The van der Waals surface area contributed by atoms with Crippen LogP contribution in [-0.2, 0) is 10.9 Å². The average Bonchev–Trinajstić information content (AvgIpc) is 2.38. The smallest absolute Gasteiger partial charge is 0.389 e. The number of carbonyl (C=O) groups is 1. The fourth-order valence-corrected chi connectivity index (χ4v) is 1.68. The van der Waals surface area contributed by atoms with E-state index in [1.165, 1.54) is 13.2 Å². The largest absolute Gasteiger partial charge is 0.417 e. The molecule has 118 valence electrons. The number of anilines is 1. The summed E-state index contributed by atoms with van der Waals surface area (Å²) < 4.78 is 42.6. The number of methoxy groups -OCH3 is 1. The van der Waals surface area contributed by atoms with Crippen LogP contribution in [-0.4, -0.2) is 37.5 Å². The first kappa shape index (κ1) is 17.5. The molecule has 5 nitrogen and oxygen atoms in total. The van der Waals surface area contributed by atoms with Gasteiger partial charge in [0.1, 0.15) is 0 Å². The van der Waals surface area contributed by atoms with Crippen molar-refractivity contribution in [2.75, 3.05) is 25.6 Å². The number of urea groups is 1. The van der Waals surface area contributed by atoms with Crippen molar-refractivity contribution >= 4 is 23.3 Å². The van der Waals surface area contributed by atoms with Gasteiger partial charge in [-0.2, -0.15) is 13.2 Å². The third-order valence-electron chi connectivity index (χ3n) is 2.39. The summed E-state index contributed by atoms with van der Waals surface area (Å²) in [6.45, 7) is -0.0706. The third kappa shape index (κ3) is 5.78. The molecule has 0 heterocycles. The van der Waals surface area contributed by atoms with E-state index in [0.29, 0.717) is 0 Å². The maximum atomic E-state index is 12.6. The Morgan fingerprint density at radius 3 is 2.71 bits per heavy atom. The van der Waals surface area contributed by atoms with Crippen molar-refractivity contribution in [2.45, 2.75) is 12.3 Å². The molecule has 2 amide bonds. The second-order valence-corrected chi connectivity index (χ2v) is 4.54. The highest BCUT2D eigenvalue weighted by Crippen LogP contribution is 2.36. The third-order valence-corrected chi connectivity index (χ3v) is 2.72. The molecule has 1 aromatic carbocycles. The van der Waals surface area contributed by atoms with Gasteiger partial charge in [-0.25, -0.2) is 4.79 Å². The lowest BCUT2D eigenvalue weighted by Gasteiger charge is -2.13. The lowest BCUT2D eigenvalue weighted by molar-refractivity contribution is -0.137. The number of aliphatic hydroxyl groups is 1. The van der Waals surface area contributed by atoms with E-state index in [4.69, 9.17) is 11.6 Å². The number of benzene rings is 1. The topological polar surface area (TPSA) is 70.6 Å². The van der Waals surface area contributed by atoms with Crippen molar-refractivity contribution in [3.8, 4) is 0 Å². The Kier molecular flexibility index (Phi) is 6.25. The number of carbonyl (C=O) groups excluding carboxylic acids is 1. The summed E-state index contributed by atoms with van der Waals surface area (Å²) in [6.07, 6.45) is -5.52. The van der Waals surface area contributed by atoms with Gasteiger partial charge in [0.25, 0.3) is 0 Å². The van der Waals surface area contributed by atoms with Crippen molar-refractivity contribution in [2.24, 2.45) is 0 Å². The molecule has 0 aromatic heterocycles. The molecule has 0 aliphatic carbocycles. The van der Waals surface area contributed by atoms with Gasteiger partial charge in [-0.05, 0) is 18.2 Å². The quantitative estimate of drug-likeness (QED) is 0.778. The normalized spacial score (nSPS) is 12.9. The standard InChI is InChI=1S/C12H14ClF3N2O3/c1-21-6-8(19)5-17-11(20)18-7-2-3-10(13)9(4-7)12(14,15)16/h2-4,8,19H,5-6H2,1H3,(H2,17,18,20)/t8-/m1/s1. The predicted molar refractivity (Wildman–Crippen MR) is 71.4 cm³/mol. The van der Waals surface area contributed by atoms with Gasteiger partial charge in [0.15, 0.2) is 0 Å². The van der Waals surface area contributed by atoms with Gasteiger partial charge < -0.3 is 20.5 Å². The summed E-state index contributed by atoms with van der Waals surface area (Å²) in [6, 6.07) is 2.26. The SMILES string of the molecule is COC[C@H](O)CNC(=O)Nc1ccc(Cl)c(C(F)(F)F)c1. The van der Waals surface area contributed by atoms with Crippen LogP contribution in [0.2, 0.25) is 5.02 Å². The van der Waals surface area contributed by atoms with E-state index in [1.807, 2.05) is 0 Å².